The van der Waals surface area contributed by atoms with E-state index in [0.29, 0.717) is 16.3 Å². The Morgan fingerprint density at radius 1 is 1.06 bits per heavy atom. The number of benzene rings is 3. The van der Waals surface area contributed by atoms with Gasteiger partial charge >= 0.3 is 0 Å². The number of aryl methyl sites for hydroxylation is 2. The van der Waals surface area contributed by atoms with Crippen LogP contribution in [0.2, 0.25) is 5.02 Å². The third-order valence-corrected chi connectivity index (χ3v) is 7.81. The first-order valence-electron chi connectivity index (χ1n) is 10.4. The van der Waals surface area contributed by atoms with Crippen molar-refractivity contribution in [2.45, 2.75) is 38.1 Å². The number of carbonyl (C=O) groups is 1. The highest BCUT2D eigenvalue weighted by atomic mass is 35.5. The van der Waals surface area contributed by atoms with Crippen LogP contribution in [0.5, 0.6) is 0 Å². The van der Waals surface area contributed by atoms with Gasteiger partial charge in [0.25, 0.3) is 10.0 Å². The van der Waals surface area contributed by atoms with Crippen molar-refractivity contribution in [2.75, 3.05) is 15.7 Å². The van der Waals surface area contributed by atoms with Crippen molar-refractivity contribution in [2.24, 2.45) is 0 Å². The highest BCUT2D eigenvalue weighted by Crippen LogP contribution is 2.34. The Morgan fingerprint density at radius 2 is 1.75 bits per heavy atom. The van der Waals surface area contributed by atoms with Crippen molar-refractivity contribution < 1.29 is 13.2 Å². The maximum absolute atomic E-state index is 13.7. The van der Waals surface area contributed by atoms with Crippen LogP contribution in [0, 0.1) is 13.8 Å². The minimum atomic E-state index is -4.00. The molecule has 0 radical (unpaired) electrons. The minimum Gasteiger partial charge on any atom is -0.307 e. The average molecular weight is 469 g/mol. The molecule has 0 saturated carbocycles. The van der Waals surface area contributed by atoms with Gasteiger partial charge in [-0.05, 0) is 68.7 Å². The first-order chi connectivity index (χ1) is 15.2. The number of halogens is 1. The normalized spacial score (nSPS) is 15.5. The molecule has 0 bridgehead atoms. The summed E-state index contributed by atoms with van der Waals surface area (Å²) in [5.41, 5.74) is 3.98. The number of amides is 1. The van der Waals surface area contributed by atoms with Gasteiger partial charge in [-0.2, -0.15) is 0 Å². The maximum atomic E-state index is 13.7. The van der Waals surface area contributed by atoms with E-state index in [0.717, 1.165) is 23.2 Å². The van der Waals surface area contributed by atoms with Crippen molar-refractivity contribution in [3.8, 4) is 0 Å². The van der Waals surface area contributed by atoms with Gasteiger partial charge in [0.05, 0.1) is 10.6 Å². The van der Waals surface area contributed by atoms with Gasteiger partial charge in [0, 0.05) is 16.8 Å². The molecule has 1 unspecified atom stereocenters. The molecule has 0 aliphatic carbocycles. The van der Waals surface area contributed by atoms with E-state index in [1.807, 2.05) is 45.0 Å². The number of hydrogen-bond acceptors (Lipinski definition) is 3. The number of hydrogen-bond donors (Lipinski definition) is 0. The second-order valence-electron chi connectivity index (χ2n) is 8.20. The molecule has 0 fully saturated rings. The van der Waals surface area contributed by atoms with Gasteiger partial charge in [-0.25, -0.2) is 8.42 Å². The third kappa shape index (κ3) is 4.12. The van der Waals surface area contributed by atoms with Gasteiger partial charge < -0.3 is 4.90 Å². The van der Waals surface area contributed by atoms with Gasteiger partial charge in [-0.1, -0.05) is 53.6 Å². The summed E-state index contributed by atoms with van der Waals surface area (Å²) in [6.07, 6.45) is 0.739. The van der Waals surface area contributed by atoms with Crippen LogP contribution in [-0.4, -0.2) is 26.9 Å². The highest BCUT2D eigenvalue weighted by molar-refractivity contribution is 7.92. The maximum Gasteiger partial charge on any atom is 0.264 e. The Labute approximate surface area is 194 Å². The molecule has 4 rings (SSSR count). The van der Waals surface area contributed by atoms with E-state index in [4.69, 9.17) is 11.6 Å². The van der Waals surface area contributed by atoms with Crippen molar-refractivity contribution >= 4 is 38.9 Å². The Morgan fingerprint density at radius 3 is 2.47 bits per heavy atom. The molecule has 3 aromatic rings. The summed E-state index contributed by atoms with van der Waals surface area (Å²) in [5.74, 6) is -0.280. The number of para-hydroxylation sites is 1. The number of carbonyl (C=O) groups excluding carboxylic acids is 1. The predicted molar refractivity (Wildman–Crippen MR) is 129 cm³/mol. The monoisotopic (exact) mass is 468 g/mol. The third-order valence-electron chi connectivity index (χ3n) is 5.80. The van der Waals surface area contributed by atoms with Crippen LogP contribution in [0.4, 0.5) is 11.4 Å². The van der Waals surface area contributed by atoms with Gasteiger partial charge in [-0.15, -0.1) is 0 Å². The van der Waals surface area contributed by atoms with Gasteiger partial charge in [0.2, 0.25) is 5.91 Å². The number of anilines is 2. The van der Waals surface area contributed by atoms with E-state index in [1.54, 1.807) is 47.4 Å². The smallest absolute Gasteiger partial charge is 0.264 e. The molecule has 0 aromatic heterocycles. The molecular formula is C25H25ClN2O3S. The minimum absolute atomic E-state index is 0.0516. The lowest BCUT2D eigenvalue weighted by Gasteiger charge is -2.29. The Balaban J connectivity index is 1.77. The molecule has 166 valence electrons. The van der Waals surface area contributed by atoms with Crippen molar-refractivity contribution in [3.05, 3.63) is 88.4 Å². The van der Waals surface area contributed by atoms with Crippen molar-refractivity contribution in [1.82, 2.24) is 0 Å². The van der Waals surface area contributed by atoms with Crippen LogP contribution < -0.4 is 9.21 Å². The predicted octanol–water partition coefficient (Wildman–Crippen LogP) is 5.13. The largest absolute Gasteiger partial charge is 0.307 e. The summed E-state index contributed by atoms with van der Waals surface area (Å²) in [4.78, 5) is 15.3. The van der Waals surface area contributed by atoms with E-state index in [2.05, 4.69) is 0 Å². The summed E-state index contributed by atoms with van der Waals surface area (Å²) in [5, 5.41) is 0.405. The topological polar surface area (TPSA) is 57.7 Å². The first-order valence-corrected chi connectivity index (χ1v) is 12.3. The van der Waals surface area contributed by atoms with E-state index in [1.165, 1.54) is 4.31 Å². The van der Waals surface area contributed by atoms with Crippen LogP contribution in [0.1, 0.15) is 23.6 Å². The SMILES string of the molecule is Cc1ccc(S(=O)(=O)N(CC(=O)N2c3ccccc3CC2C)c2cc(Cl)ccc2C)cc1. The summed E-state index contributed by atoms with van der Waals surface area (Å²) >= 11 is 6.21. The molecule has 3 aromatic carbocycles. The Hall–Kier alpha value is -2.83. The van der Waals surface area contributed by atoms with E-state index in [9.17, 15) is 13.2 Å². The number of rotatable bonds is 5. The fourth-order valence-corrected chi connectivity index (χ4v) is 5.77. The fourth-order valence-electron chi connectivity index (χ4n) is 4.13. The quantitative estimate of drug-likeness (QED) is 0.521. The van der Waals surface area contributed by atoms with E-state index < -0.39 is 10.0 Å². The average Bonchev–Trinajstić information content (AvgIpc) is 3.09. The van der Waals surface area contributed by atoms with Gasteiger partial charge in [-0.3, -0.25) is 9.10 Å². The molecule has 0 saturated heterocycles. The second kappa shape index (κ2) is 8.60. The standard InChI is InChI=1S/C25H25ClN2O3S/c1-17-8-12-22(13-9-17)32(30,31)27(24-15-21(26)11-10-18(24)2)16-25(29)28-19(3)14-20-6-4-5-7-23(20)28/h4-13,15,19H,14,16H2,1-3H3. The lowest BCUT2D eigenvalue weighted by Crippen LogP contribution is -2.45. The highest BCUT2D eigenvalue weighted by Gasteiger charge is 2.35. The number of sulfonamides is 1. The summed E-state index contributed by atoms with van der Waals surface area (Å²) in [6.45, 7) is 5.35. The van der Waals surface area contributed by atoms with Crippen molar-refractivity contribution in [1.29, 1.82) is 0 Å². The molecule has 0 N–H and O–H groups in total. The number of nitrogens with zero attached hydrogens (tertiary/aromatic N) is 2. The molecular weight excluding hydrogens is 444 g/mol. The Bertz CT molecular complexity index is 1270. The van der Waals surface area contributed by atoms with Gasteiger partial charge in [0.15, 0.2) is 0 Å². The molecule has 0 spiro atoms. The van der Waals surface area contributed by atoms with Crippen LogP contribution in [0.15, 0.2) is 71.6 Å². The number of fused-ring (bicyclic) bond motifs is 1. The summed E-state index contributed by atoms with van der Waals surface area (Å²) in [7, 11) is -4.00. The Kier molecular flexibility index (Phi) is 6.01. The second-order valence-corrected chi connectivity index (χ2v) is 10.5. The lowest BCUT2D eigenvalue weighted by molar-refractivity contribution is -0.117. The van der Waals surface area contributed by atoms with E-state index in [-0.39, 0.29) is 23.4 Å². The first kappa shape index (κ1) is 22.4. The summed E-state index contributed by atoms with van der Waals surface area (Å²) in [6, 6.07) is 19.4. The van der Waals surface area contributed by atoms with Crippen LogP contribution >= 0.6 is 11.6 Å². The fraction of sp³-hybridized carbons (Fsp3) is 0.240. The molecule has 5 nitrogen and oxygen atoms in total. The molecule has 1 amide bonds. The molecule has 1 aliphatic rings. The van der Waals surface area contributed by atoms with Crippen LogP contribution in [0.25, 0.3) is 0 Å². The lowest BCUT2D eigenvalue weighted by atomic mass is 10.1. The molecule has 1 aliphatic heterocycles. The summed E-state index contributed by atoms with van der Waals surface area (Å²) < 4.78 is 28.6. The zero-order valence-electron chi connectivity index (χ0n) is 18.2. The van der Waals surface area contributed by atoms with Crippen LogP contribution in [0.3, 0.4) is 0 Å². The zero-order valence-corrected chi connectivity index (χ0v) is 19.8. The molecule has 7 heteroatoms. The van der Waals surface area contributed by atoms with Gasteiger partial charge in [0.1, 0.15) is 6.54 Å². The molecule has 32 heavy (non-hydrogen) atoms. The van der Waals surface area contributed by atoms with Crippen molar-refractivity contribution in [3.63, 3.8) is 0 Å². The van der Waals surface area contributed by atoms with E-state index >= 15 is 0 Å². The van der Waals surface area contributed by atoms with Crippen LogP contribution in [-0.2, 0) is 21.2 Å². The zero-order chi connectivity index (χ0) is 23.0. The molecule has 1 atom stereocenters. The molecule has 1 heterocycles.